The van der Waals surface area contributed by atoms with Gasteiger partial charge in [-0.15, -0.1) is 4.52 Å². The van der Waals surface area contributed by atoms with Gasteiger partial charge in [0.25, 0.3) is 0 Å². The Morgan fingerprint density at radius 3 is 2.06 bits per heavy atom. The Kier molecular flexibility index (Phi) is 4.54. The van der Waals surface area contributed by atoms with Crippen LogP contribution in [0.15, 0.2) is 0 Å². The predicted molar refractivity (Wildman–Crippen MR) is 59.4 cm³/mol. The summed E-state index contributed by atoms with van der Waals surface area (Å²) in [4.78, 5) is 0. The van der Waals surface area contributed by atoms with Crippen LogP contribution < -0.4 is 17.2 Å². The third-order valence-corrected chi connectivity index (χ3v) is 2.89. The minimum Gasteiger partial charge on any atom is -0.393 e. The number of hydrogen-bond acceptors (Lipinski definition) is 7. The van der Waals surface area contributed by atoms with Gasteiger partial charge in [0.05, 0.1) is 18.2 Å². The molecule has 0 aromatic carbocycles. The average molecular weight is 249 g/mol. The third-order valence-electron chi connectivity index (χ3n) is 2.34. The highest BCUT2D eigenvalue weighted by atomic mass is 31.1. The highest BCUT2D eigenvalue weighted by Gasteiger charge is 2.60. The van der Waals surface area contributed by atoms with Gasteiger partial charge < -0.3 is 16.6 Å². The molecule has 7 N–H and O–H groups in total. The van der Waals surface area contributed by atoms with Crippen LogP contribution in [0, 0.1) is 11.3 Å². The molecule has 0 bridgehead atoms. The minimum absolute atomic E-state index is 0.760. The molecule has 0 aromatic heterocycles. The van der Waals surface area contributed by atoms with Crippen LogP contribution in [0.5, 0.6) is 0 Å². The molecule has 0 fully saturated rings. The van der Waals surface area contributed by atoms with Gasteiger partial charge in [0.2, 0.25) is 5.72 Å². The molecular formula is C8H18N4O3P+. The van der Waals surface area contributed by atoms with Gasteiger partial charge >= 0.3 is 8.03 Å². The molecule has 0 aromatic rings. The van der Waals surface area contributed by atoms with E-state index in [1.165, 1.54) is 20.5 Å². The molecule has 0 saturated heterocycles. The fourth-order valence-corrected chi connectivity index (χ4v) is 2.02. The molecule has 16 heavy (non-hydrogen) atoms. The Balaban J connectivity index is 5.59. The fraction of sp³-hybridized carbons (Fsp3) is 0.875. The number of nitriles is 1. The number of nitrogens with two attached hydrogens (primary N) is 3. The lowest BCUT2D eigenvalue weighted by Gasteiger charge is -2.43. The van der Waals surface area contributed by atoms with E-state index in [4.69, 9.17) is 32.1 Å². The van der Waals surface area contributed by atoms with E-state index in [0.717, 1.165) is 0 Å². The molecule has 92 valence electrons. The Labute approximate surface area is 95.4 Å². The highest BCUT2D eigenvalue weighted by Crippen LogP contribution is 2.36. The van der Waals surface area contributed by atoms with E-state index in [2.05, 4.69) is 0 Å². The molecule has 0 heterocycles. The van der Waals surface area contributed by atoms with Gasteiger partial charge in [-0.25, -0.2) is 0 Å². The summed E-state index contributed by atoms with van der Waals surface area (Å²) in [6, 6.07) is 1.65. The van der Waals surface area contributed by atoms with Crippen molar-refractivity contribution in [1.29, 1.82) is 5.26 Å². The van der Waals surface area contributed by atoms with Crippen molar-refractivity contribution < 1.29 is 14.2 Å². The average Bonchev–Trinajstić information content (AvgIpc) is 2.13. The van der Waals surface area contributed by atoms with Crippen molar-refractivity contribution in [2.75, 3.05) is 13.3 Å². The molecule has 0 aliphatic heterocycles. The lowest BCUT2D eigenvalue weighted by molar-refractivity contribution is -0.0490. The van der Waals surface area contributed by atoms with Gasteiger partial charge in [0, 0.05) is 0 Å². The minimum atomic E-state index is -2.13. The largest absolute Gasteiger partial charge is 0.506 e. The first-order valence-electron chi connectivity index (χ1n) is 4.53. The Morgan fingerprint density at radius 2 is 1.88 bits per heavy atom. The normalized spacial score (nSPS) is 20.5. The molecule has 0 aliphatic carbocycles. The summed E-state index contributed by atoms with van der Waals surface area (Å²) in [5.74, 6) is 0. The molecule has 0 aliphatic rings. The molecule has 0 saturated carbocycles. The highest BCUT2D eigenvalue weighted by molar-refractivity contribution is 7.38. The van der Waals surface area contributed by atoms with E-state index < -0.39 is 31.4 Å². The van der Waals surface area contributed by atoms with Gasteiger partial charge in [-0.3, -0.25) is 5.73 Å². The van der Waals surface area contributed by atoms with E-state index in [1.54, 1.807) is 6.07 Å². The first-order chi connectivity index (χ1) is 7.04. The molecule has 0 spiro atoms. The van der Waals surface area contributed by atoms with Crippen LogP contribution in [0.2, 0.25) is 0 Å². The second-order valence-electron chi connectivity index (χ2n) is 4.23. The van der Waals surface area contributed by atoms with E-state index >= 15 is 0 Å². The monoisotopic (exact) mass is 249 g/mol. The third kappa shape index (κ3) is 2.55. The van der Waals surface area contributed by atoms with Crippen LogP contribution in [0.3, 0.4) is 0 Å². The van der Waals surface area contributed by atoms with E-state index in [-0.39, 0.29) is 0 Å². The van der Waals surface area contributed by atoms with Crippen molar-refractivity contribution in [3.8, 4) is 6.07 Å². The summed E-state index contributed by atoms with van der Waals surface area (Å²) >= 11 is 0. The smallest absolute Gasteiger partial charge is 0.393 e. The van der Waals surface area contributed by atoms with Gasteiger partial charge in [-0.1, -0.05) is 0 Å². The first kappa shape index (κ1) is 15.4. The van der Waals surface area contributed by atoms with Gasteiger partial charge in [-0.05, 0) is 18.4 Å². The molecule has 7 nitrogen and oxygen atoms in total. The van der Waals surface area contributed by atoms with Crippen LogP contribution in [-0.4, -0.2) is 35.2 Å². The zero-order valence-corrected chi connectivity index (χ0v) is 10.5. The second kappa shape index (κ2) is 4.72. The van der Waals surface area contributed by atoms with Crippen LogP contribution in [0.1, 0.15) is 13.8 Å². The van der Waals surface area contributed by atoms with Crippen molar-refractivity contribution in [2.45, 2.75) is 30.7 Å². The molecule has 0 rings (SSSR count). The van der Waals surface area contributed by atoms with E-state index in [9.17, 15) is 4.57 Å². The molecule has 3 unspecified atom stereocenters. The number of nitrogens with zero attached hydrogens (tertiary/aromatic N) is 1. The summed E-state index contributed by atoms with van der Waals surface area (Å²) in [5, 5.41) is 18.1. The molecule has 0 radical (unpaired) electrons. The molecular weight excluding hydrogens is 231 g/mol. The van der Waals surface area contributed by atoms with E-state index in [0.29, 0.717) is 0 Å². The molecule has 3 atom stereocenters. The maximum Gasteiger partial charge on any atom is 0.506 e. The topological polar surface area (TPSA) is 148 Å². The zero-order chi connectivity index (χ0) is 13.2. The van der Waals surface area contributed by atoms with Crippen LogP contribution >= 0.6 is 8.03 Å². The van der Waals surface area contributed by atoms with Crippen molar-refractivity contribution in [3.05, 3.63) is 0 Å². The van der Waals surface area contributed by atoms with Gasteiger partial charge in [-0.2, -0.15) is 5.26 Å². The second-order valence-corrected chi connectivity index (χ2v) is 5.29. The lowest BCUT2D eigenvalue weighted by Crippen LogP contribution is -2.78. The number of aliphatic hydroxyl groups excluding tert-OH is 1. The summed E-state index contributed by atoms with van der Waals surface area (Å²) in [6.45, 7) is 3.45. The zero-order valence-electron chi connectivity index (χ0n) is 9.60. The quantitative estimate of drug-likeness (QED) is 0.360. The fourth-order valence-electron chi connectivity index (χ4n) is 1.21. The van der Waals surface area contributed by atoms with Crippen molar-refractivity contribution in [1.82, 2.24) is 0 Å². The maximum atomic E-state index is 11.1. The van der Waals surface area contributed by atoms with E-state index in [1.807, 2.05) is 0 Å². The Morgan fingerprint density at radius 1 is 1.44 bits per heavy atom. The standard InChI is InChI=1S/C8H18N4O3P/c1-6(2,10)8(12,15-16(3)14)7(11,4-9)5-13/h13H,5,10-12H2,1-3H3/q+1. The number of aliphatic hydroxyl groups is 1. The summed E-state index contributed by atoms with van der Waals surface area (Å²) in [6.07, 6.45) is 0. The Bertz CT molecular complexity index is 324. The van der Waals surface area contributed by atoms with Gasteiger partial charge in [0.15, 0.2) is 12.2 Å². The summed E-state index contributed by atoms with van der Waals surface area (Å²) in [5.41, 5.74) is 12.1. The van der Waals surface area contributed by atoms with Crippen molar-refractivity contribution in [3.63, 3.8) is 0 Å². The maximum absolute atomic E-state index is 11.1. The van der Waals surface area contributed by atoms with Gasteiger partial charge in [0.1, 0.15) is 0 Å². The molecule has 0 amide bonds. The van der Waals surface area contributed by atoms with Crippen LogP contribution in [-0.2, 0) is 9.09 Å². The number of rotatable bonds is 5. The van der Waals surface area contributed by atoms with Crippen molar-refractivity contribution >= 4 is 8.03 Å². The van der Waals surface area contributed by atoms with Crippen molar-refractivity contribution in [2.24, 2.45) is 17.2 Å². The summed E-state index contributed by atoms with van der Waals surface area (Å²) < 4.78 is 16.1. The van der Waals surface area contributed by atoms with Crippen LogP contribution in [0.4, 0.5) is 0 Å². The first-order valence-corrected chi connectivity index (χ1v) is 6.15. The predicted octanol–water partition coefficient (Wildman–Crippen LogP) is -1.02. The lowest BCUT2D eigenvalue weighted by atomic mass is 9.77. The SMILES string of the molecule is C[P+](=O)OC(N)(C(C)(C)N)C(N)(C#N)CO. The summed E-state index contributed by atoms with van der Waals surface area (Å²) in [7, 11) is -2.13. The number of hydrogen-bond donors (Lipinski definition) is 4. The Hall–Kier alpha value is -0.610. The van der Waals surface area contributed by atoms with Crippen LogP contribution in [0.25, 0.3) is 0 Å². The molecule has 8 heteroatoms.